The van der Waals surface area contributed by atoms with Gasteiger partial charge in [-0.05, 0) is 30.7 Å². The van der Waals surface area contributed by atoms with E-state index >= 15 is 0 Å². The molecule has 1 aromatic rings. The van der Waals surface area contributed by atoms with E-state index in [1.807, 2.05) is 30.1 Å². The van der Waals surface area contributed by atoms with E-state index in [0.717, 1.165) is 13.0 Å². The summed E-state index contributed by atoms with van der Waals surface area (Å²) in [5.74, 6) is 0.788. The number of amides is 1. The van der Waals surface area contributed by atoms with E-state index in [4.69, 9.17) is 5.73 Å². The number of carbonyl (C=O) groups excluding carboxylic acids is 1. The van der Waals surface area contributed by atoms with Crippen LogP contribution in [0.4, 0.5) is 0 Å². The lowest BCUT2D eigenvalue weighted by atomic mass is 9.88. The van der Waals surface area contributed by atoms with E-state index < -0.39 is 0 Å². The molecule has 0 saturated heterocycles. The predicted molar refractivity (Wildman–Crippen MR) is 86.9 cm³/mol. The molecule has 116 valence electrons. The highest BCUT2D eigenvalue weighted by Crippen LogP contribution is 2.24. The fourth-order valence-corrected chi connectivity index (χ4v) is 3.33. The molecular formula is C18H28N2O. The van der Waals surface area contributed by atoms with Gasteiger partial charge < -0.3 is 10.6 Å². The van der Waals surface area contributed by atoms with Gasteiger partial charge in [-0.3, -0.25) is 4.79 Å². The van der Waals surface area contributed by atoms with Gasteiger partial charge in [0.2, 0.25) is 5.91 Å². The Hall–Kier alpha value is -1.35. The standard InChI is InChI=1S/C18H28N2O/c1-20(14-16-10-6-3-7-11-16)18(21)17(13-19)12-15-8-4-2-5-9-15/h2,4-5,8-9,16-17H,3,6-7,10-14,19H2,1H3. The van der Waals surface area contributed by atoms with Crippen LogP contribution in [-0.2, 0) is 11.2 Å². The number of carbonyl (C=O) groups is 1. The molecule has 0 aromatic heterocycles. The van der Waals surface area contributed by atoms with Crippen molar-refractivity contribution in [3.05, 3.63) is 35.9 Å². The highest BCUT2D eigenvalue weighted by molar-refractivity contribution is 5.79. The summed E-state index contributed by atoms with van der Waals surface area (Å²) in [5.41, 5.74) is 7.03. The lowest BCUT2D eigenvalue weighted by Crippen LogP contribution is -2.40. The fraction of sp³-hybridized carbons (Fsp3) is 0.611. The summed E-state index contributed by atoms with van der Waals surface area (Å²) in [5, 5.41) is 0. The van der Waals surface area contributed by atoms with Crippen LogP contribution < -0.4 is 5.73 Å². The number of nitrogens with zero attached hydrogens (tertiary/aromatic N) is 1. The van der Waals surface area contributed by atoms with Crippen LogP contribution in [0.1, 0.15) is 37.7 Å². The van der Waals surface area contributed by atoms with Crippen molar-refractivity contribution in [2.24, 2.45) is 17.6 Å². The molecule has 1 saturated carbocycles. The van der Waals surface area contributed by atoms with Gasteiger partial charge in [0, 0.05) is 20.1 Å². The van der Waals surface area contributed by atoms with Crippen molar-refractivity contribution >= 4 is 5.91 Å². The van der Waals surface area contributed by atoms with Crippen molar-refractivity contribution in [2.75, 3.05) is 20.1 Å². The fourth-order valence-electron chi connectivity index (χ4n) is 3.33. The van der Waals surface area contributed by atoms with E-state index in [9.17, 15) is 4.79 Å². The van der Waals surface area contributed by atoms with Crippen LogP contribution in [0.2, 0.25) is 0 Å². The molecule has 1 aromatic carbocycles. The van der Waals surface area contributed by atoms with Crippen molar-refractivity contribution in [3.8, 4) is 0 Å². The predicted octanol–water partition coefficient (Wildman–Crippen LogP) is 2.84. The quantitative estimate of drug-likeness (QED) is 0.875. The van der Waals surface area contributed by atoms with Crippen LogP contribution in [0.5, 0.6) is 0 Å². The molecule has 1 fully saturated rings. The third-order valence-corrected chi connectivity index (χ3v) is 4.59. The highest BCUT2D eigenvalue weighted by atomic mass is 16.2. The lowest BCUT2D eigenvalue weighted by molar-refractivity contribution is -0.134. The number of nitrogens with two attached hydrogens (primary N) is 1. The summed E-state index contributed by atoms with van der Waals surface area (Å²) in [6.07, 6.45) is 7.26. The largest absolute Gasteiger partial charge is 0.345 e. The van der Waals surface area contributed by atoms with Gasteiger partial charge in [-0.2, -0.15) is 0 Å². The molecule has 1 aliphatic rings. The monoisotopic (exact) mass is 288 g/mol. The van der Waals surface area contributed by atoms with Crippen LogP contribution >= 0.6 is 0 Å². The molecule has 21 heavy (non-hydrogen) atoms. The Bertz CT molecular complexity index is 426. The Kier molecular flexibility index (Phi) is 6.24. The Morgan fingerprint density at radius 3 is 2.52 bits per heavy atom. The zero-order chi connectivity index (χ0) is 15.1. The number of rotatable bonds is 6. The van der Waals surface area contributed by atoms with Gasteiger partial charge in [-0.15, -0.1) is 0 Å². The van der Waals surface area contributed by atoms with Crippen LogP contribution in [0.3, 0.4) is 0 Å². The molecule has 0 spiro atoms. The van der Waals surface area contributed by atoms with Crippen LogP contribution in [0.15, 0.2) is 30.3 Å². The molecule has 3 heteroatoms. The molecule has 0 radical (unpaired) electrons. The second-order valence-corrected chi connectivity index (χ2v) is 6.35. The minimum Gasteiger partial charge on any atom is -0.345 e. The molecule has 1 amide bonds. The molecule has 1 atom stereocenters. The van der Waals surface area contributed by atoms with Gasteiger partial charge in [0.15, 0.2) is 0 Å². The summed E-state index contributed by atoms with van der Waals surface area (Å²) >= 11 is 0. The normalized spacial score (nSPS) is 17.4. The molecule has 0 heterocycles. The maximum absolute atomic E-state index is 12.6. The van der Waals surface area contributed by atoms with E-state index in [1.54, 1.807) is 0 Å². The third kappa shape index (κ3) is 4.85. The van der Waals surface area contributed by atoms with Crippen molar-refractivity contribution in [3.63, 3.8) is 0 Å². The average molecular weight is 288 g/mol. The van der Waals surface area contributed by atoms with E-state index in [0.29, 0.717) is 12.5 Å². The maximum Gasteiger partial charge on any atom is 0.227 e. The zero-order valence-electron chi connectivity index (χ0n) is 13.1. The SMILES string of the molecule is CN(CC1CCCCC1)C(=O)C(CN)Cc1ccccc1. The first-order valence-corrected chi connectivity index (χ1v) is 8.19. The minimum atomic E-state index is -0.0963. The zero-order valence-corrected chi connectivity index (χ0v) is 13.1. The summed E-state index contributed by atoms with van der Waals surface area (Å²) < 4.78 is 0. The Morgan fingerprint density at radius 1 is 1.24 bits per heavy atom. The van der Waals surface area contributed by atoms with E-state index in [-0.39, 0.29) is 11.8 Å². The lowest BCUT2D eigenvalue weighted by Gasteiger charge is -2.29. The van der Waals surface area contributed by atoms with Gasteiger partial charge in [-0.25, -0.2) is 0 Å². The molecule has 2 N–H and O–H groups in total. The number of hydrogen-bond acceptors (Lipinski definition) is 2. The maximum atomic E-state index is 12.6. The molecule has 0 bridgehead atoms. The van der Waals surface area contributed by atoms with Crippen molar-refractivity contribution in [2.45, 2.75) is 38.5 Å². The van der Waals surface area contributed by atoms with Gasteiger partial charge in [0.05, 0.1) is 5.92 Å². The molecule has 1 unspecified atom stereocenters. The summed E-state index contributed by atoms with van der Waals surface area (Å²) in [7, 11) is 1.94. The van der Waals surface area contributed by atoms with Crippen molar-refractivity contribution in [1.29, 1.82) is 0 Å². The number of hydrogen-bond donors (Lipinski definition) is 1. The second-order valence-electron chi connectivity index (χ2n) is 6.35. The average Bonchev–Trinajstić information content (AvgIpc) is 2.54. The topological polar surface area (TPSA) is 46.3 Å². The van der Waals surface area contributed by atoms with Gasteiger partial charge >= 0.3 is 0 Å². The summed E-state index contributed by atoms with van der Waals surface area (Å²) in [6, 6.07) is 10.2. The molecule has 2 rings (SSSR count). The Labute approximate surface area is 128 Å². The third-order valence-electron chi connectivity index (χ3n) is 4.59. The number of benzene rings is 1. The first-order valence-electron chi connectivity index (χ1n) is 8.19. The molecular weight excluding hydrogens is 260 g/mol. The van der Waals surface area contributed by atoms with Gasteiger partial charge in [0.1, 0.15) is 0 Å². The smallest absolute Gasteiger partial charge is 0.227 e. The van der Waals surface area contributed by atoms with Crippen molar-refractivity contribution in [1.82, 2.24) is 4.90 Å². The highest BCUT2D eigenvalue weighted by Gasteiger charge is 2.24. The van der Waals surface area contributed by atoms with E-state index in [2.05, 4.69) is 12.1 Å². The molecule has 1 aliphatic carbocycles. The Morgan fingerprint density at radius 2 is 1.90 bits per heavy atom. The van der Waals surface area contributed by atoms with Crippen LogP contribution in [0, 0.1) is 11.8 Å². The van der Waals surface area contributed by atoms with Gasteiger partial charge in [0.25, 0.3) is 0 Å². The van der Waals surface area contributed by atoms with Gasteiger partial charge in [-0.1, -0.05) is 49.6 Å². The van der Waals surface area contributed by atoms with E-state index in [1.165, 1.54) is 37.7 Å². The summed E-state index contributed by atoms with van der Waals surface area (Å²) in [6.45, 7) is 1.31. The summed E-state index contributed by atoms with van der Waals surface area (Å²) in [4.78, 5) is 14.5. The first-order chi connectivity index (χ1) is 10.2. The second kappa shape index (κ2) is 8.18. The molecule has 3 nitrogen and oxygen atoms in total. The first kappa shape index (κ1) is 16.0. The van der Waals surface area contributed by atoms with Crippen LogP contribution in [-0.4, -0.2) is 30.9 Å². The van der Waals surface area contributed by atoms with Crippen molar-refractivity contribution < 1.29 is 4.79 Å². The minimum absolute atomic E-state index is 0.0963. The molecule has 0 aliphatic heterocycles. The Balaban J connectivity index is 1.89. The van der Waals surface area contributed by atoms with Crippen LogP contribution in [0.25, 0.3) is 0 Å².